The molecule has 3 aliphatic carbocycles. The van der Waals surface area contributed by atoms with E-state index in [1.807, 2.05) is 80.6 Å². The van der Waals surface area contributed by atoms with Gasteiger partial charge in [-0.2, -0.15) is 0 Å². The molecule has 3 fully saturated rings. The molecule has 12 heteroatoms. The number of hydrogen-bond donors (Lipinski definition) is 0. The van der Waals surface area contributed by atoms with Crippen molar-refractivity contribution in [1.29, 1.82) is 0 Å². The third kappa shape index (κ3) is 20.6. The number of methoxy groups -OCH3 is 4. The van der Waals surface area contributed by atoms with E-state index in [0.717, 1.165) is 59.8 Å². The Balaban J connectivity index is 0.000000194. The molecule has 0 saturated heterocycles. The summed E-state index contributed by atoms with van der Waals surface area (Å²) in [6.07, 6.45) is 13.1. The van der Waals surface area contributed by atoms with Crippen LogP contribution in [0.25, 0.3) is 0 Å². The minimum atomic E-state index is -0.300. The maximum atomic E-state index is 11.2. The largest absolute Gasteiger partial charge is 0.497 e. The van der Waals surface area contributed by atoms with Gasteiger partial charge in [-0.25, -0.2) is 0 Å². The topological polar surface area (TPSA) is 142 Å². The first-order valence-corrected chi connectivity index (χ1v) is 36.8. The lowest BCUT2D eigenvalue weighted by Crippen LogP contribution is -2.35. The van der Waals surface area contributed by atoms with Crippen LogP contribution in [0.4, 0.5) is 0 Å². The lowest BCUT2D eigenvalue weighted by Gasteiger charge is -2.45. The molecule has 12 nitrogen and oxygen atoms in total. The van der Waals surface area contributed by atoms with Gasteiger partial charge in [0.15, 0.2) is 0 Å². The van der Waals surface area contributed by atoms with Crippen molar-refractivity contribution in [2.75, 3.05) is 28.4 Å². The van der Waals surface area contributed by atoms with Crippen molar-refractivity contribution in [1.82, 2.24) is 0 Å². The van der Waals surface area contributed by atoms with Crippen molar-refractivity contribution >= 4 is 23.9 Å². The molecular weight excluding hydrogens is 1280 g/mol. The van der Waals surface area contributed by atoms with Gasteiger partial charge in [0.05, 0.1) is 28.4 Å². The van der Waals surface area contributed by atoms with E-state index >= 15 is 0 Å². The Morgan fingerprint density at radius 1 is 0.388 bits per heavy atom. The number of carbonyl (C=O) groups excluding carboxylic acids is 4. The number of esters is 4. The lowest BCUT2D eigenvalue weighted by atomic mass is 9.59. The minimum Gasteiger partial charge on any atom is -0.497 e. The van der Waals surface area contributed by atoms with E-state index in [9.17, 15) is 19.2 Å². The van der Waals surface area contributed by atoms with Crippen molar-refractivity contribution < 1.29 is 58.5 Å². The van der Waals surface area contributed by atoms with E-state index in [2.05, 4.69) is 171 Å². The van der Waals surface area contributed by atoms with Gasteiger partial charge in [-0.3, -0.25) is 19.2 Å². The van der Waals surface area contributed by atoms with Crippen LogP contribution < -0.4 is 37.9 Å². The second-order valence-electron chi connectivity index (χ2n) is 30.3. The molecule has 103 heavy (non-hydrogen) atoms. The van der Waals surface area contributed by atoms with Crippen LogP contribution in [0.3, 0.4) is 0 Å². The second kappa shape index (κ2) is 35.8. The number of ether oxygens (including phenoxy) is 8. The van der Waals surface area contributed by atoms with Crippen molar-refractivity contribution in [2.24, 2.45) is 23.7 Å². The molecule has 3 aliphatic rings. The second-order valence-corrected chi connectivity index (χ2v) is 30.3. The predicted octanol–water partition coefficient (Wildman–Crippen LogP) is 21.9. The molecule has 11 rings (SSSR count). The molecule has 6 atom stereocenters. The summed E-state index contributed by atoms with van der Waals surface area (Å²) in [4.78, 5) is 44.6. The molecule has 8 aromatic rings. The third-order valence-electron chi connectivity index (χ3n) is 22.1. The fourth-order valence-corrected chi connectivity index (χ4v) is 16.1. The van der Waals surface area contributed by atoms with Crippen LogP contribution in [-0.4, -0.2) is 52.3 Å². The SMILES string of the molecule is COc1ccc(C(C)(C)c2ccc(OC(C)=O)c(C)c2)cc1C.COc1ccc(C2(C)CCC(C(C)C)C(c3ccc(OC(C)=O)cc3)C2)cc1.COc1ccc(C2(C)CCC(C(C)C)C(c3ccc(OC(C)=O)cc3)C2)cc1.COc1ccc(C2(c3ccc(OC(C)=O)cc3)CCCCC2)cc1.[HH]. The summed E-state index contributed by atoms with van der Waals surface area (Å²) in [6, 6.07) is 62.1. The lowest BCUT2D eigenvalue weighted by molar-refractivity contribution is -0.132. The highest BCUT2D eigenvalue weighted by atomic mass is 16.5. The van der Waals surface area contributed by atoms with Gasteiger partial charge in [-0.05, 0) is 252 Å². The molecule has 0 heterocycles. The Labute approximate surface area is 616 Å². The van der Waals surface area contributed by atoms with Crippen molar-refractivity contribution in [3.63, 3.8) is 0 Å². The van der Waals surface area contributed by atoms with E-state index in [1.54, 1.807) is 28.4 Å². The molecule has 0 amide bonds. The van der Waals surface area contributed by atoms with E-state index in [-0.39, 0.29) is 47.0 Å². The average molecular weight is 1400 g/mol. The molecule has 0 aromatic heterocycles. The molecule has 3 saturated carbocycles. The van der Waals surface area contributed by atoms with Crippen LogP contribution in [0.15, 0.2) is 182 Å². The Kier molecular flexibility index (Phi) is 27.7. The Morgan fingerprint density at radius 2 is 0.699 bits per heavy atom. The summed E-state index contributed by atoms with van der Waals surface area (Å²) in [6.45, 7) is 28.2. The first-order chi connectivity index (χ1) is 49.0. The number of hydrogen-bond acceptors (Lipinski definition) is 12. The van der Waals surface area contributed by atoms with Gasteiger partial charge < -0.3 is 37.9 Å². The third-order valence-corrected chi connectivity index (χ3v) is 22.1. The molecular formula is C91H114O12. The van der Waals surface area contributed by atoms with Gasteiger partial charge in [-0.15, -0.1) is 0 Å². The molecule has 0 bridgehead atoms. The zero-order valence-electron chi connectivity index (χ0n) is 64.5. The summed E-state index contributed by atoms with van der Waals surface area (Å²) >= 11 is 0. The molecule has 0 spiro atoms. The van der Waals surface area contributed by atoms with Gasteiger partial charge in [-0.1, -0.05) is 172 Å². The van der Waals surface area contributed by atoms with Gasteiger partial charge in [0, 0.05) is 40.0 Å². The van der Waals surface area contributed by atoms with Crippen LogP contribution in [0.2, 0.25) is 0 Å². The van der Waals surface area contributed by atoms with E-state index in [0.29, 0.717) is 58.5 Å². The molecule has 8 aromatic carbocycles. The van der Waals surface area contributed by atoms with Crippen molar-refractivity contribution in [3.05, 3.63) is 238 Å². The summed E-state index contributed by atoms with van der Waals surface area (Å²) in [7, 11) is 6.80. The smallest absolute Gasteiger partial charge is 0.308 e. The summed E-state index contributed by atoms with van der Waals surface area (Å²) < 4.78 is 42.1. The highest BCUT2D eigenvalue weighted by Crippen LogP contribution is 2.53. The van der Waals surface area contributed by atoms with Crippen LogP contribution in [0, 0.1) is 37.5 Å². The monoisotopic (exact) mass is 1400 g/mol. The van der Waals surface area contributed by atoms with Crippen LogP contribution in [-0.2, 0) is 40.8 Å². The Bertz CT molecular complexity index is 3920. The minimum absolute atomic E-state index is 0. The van der Waals surface area contributed by atoms with Gasteiger partial charge in [0.2, 0.25) is 0 Å². The van der Waals surface area contributed by atoms with Crippen molar-refractivity contribution in [3.8, 4) is 46.0 Å². The maximum Gasteiger partial charge on any atom is 0.308 e. The summed E-state index contributed by atoms with van der Waals surface area (Å²) in [5.74, 6) is 8.47. The van der Waals surface area contributed by atoms with Crippen LogP contribution in [0.1, 0.15) is 223 Å². The van der Waals surface area contributed by atoms with Gasteiger partial charge in [0.1, 0.15) is 46.0 Å². The Hall–Kier alpha value is -9.16. The van der Waals surface area contributed by atoms with Gasteiger partial charge in [0.25, 0.3) is 0 Å². The Morgan fingerprint density at radius 3 is 1.00 bits per heavy atom. The van der Waals surface area contributed by atoms with Gasteiger partial charge >= 0.3 is 23.9 Å². The molecule has 0 radical (unpaired) electrons. The number of aryl methyl sites for hydroxylation is 2. The van der Waals surface area contributed by atoms with E-state index in [4.69, 9.17) is 37.9 Å². The zero-order chi connectivity index (χ0) is 74.8. The number of benzene rings is 8. The van der Waals surface area contributed by atoms with E-state index in [1.165, 1.54) is 117 Å². The highest BCUT2D eigenvalue weighted by molar-refractivity contribution is 5.71. The van der Waals surface area contributed by atoms with Crippen molar-refractivity contribution in [2.45, 2.75) is 201 Å². The fourth-order valence-electron chi connectivity index (χ4n) is 16.1. The fraction of sp³-hybridized carbons (Fsp3) is 0.429. The van der Waals surface area contributed by atoms with Crippen LogP contribution >= 0.6 is 0 Å². The normalized spacial score (nSPS) is 19.8. The zero-order valence-corrected chi connectivity index (χ0v) is 64.5. The first kappa shape index (κ1) is 79.5. The average Bonchev–Trinajstić information content (AvgIpc) is 0.778. The molecule has 550 valence electrons. The molecule has 6 unspecified atom stereocenters. The van der Waals surface area contributed by atoms with Crippen LogP contribution in [0.5, 0.6) is 46.0 Å². The predicted molar refractivity (Wildman–Crippen MR) is 415 cm³/mol. The van der Waals surface area contributed by atoms with E-state index < -0.39 is 0 Å². The maximum absolute atomic E-state index is 11.2. The number of carbonyl (C=O) groups is 4. The summed E-state index contributed by atoms with van der Waals surface area (Å²) in [5, 5.41) is 0. The quantitative estimate of drug-likeness (QED) is 0.0596. The highest BCUT2D eigenvalue weighted by Gasteiger charge is 2.43. The first-order valence-electron chi connectivity index (χ1n) is 36.8. The molecule has 0 N–H and O–H groups in total. The number of rotatable bonds is 18. The summed E-state index contributed by atoms with van der Waals surface area (Å²) in [5.41, 5.74) is 12.7. The molecule has 0 aliphatic heterocycles. The standard InChI is InChI=1S/2C25H32O3.C21H24O3.C20H24O3.H2/c2*1-17(2)23-14-15-25(4,20-8-12-21(27-5)13-9-20)16-24(23)19-6-10-22(11-7-19)28-18(3)26;1-16(22)24-20-12-8-18(9-13-20)21(14-4-3-5-15-21)17-6-10-19(23-2)11-7-17;1-13-11-16(7-9-18(13)22-6)20(4,5)17-8-10-19(14(2)12-17)23-15(3)21;/h2*6-13,17,23-24H,14-16H2,1-5H3;6-13H,3-5,14-15H2,1-2H3;7-12H,1-6H3;1H.